The van der Waals surface area contributed by atoms with Crippen LogP contribution in [-0.4, -0.2) is 5.54 Å². The molecule has 0 saturated carbocycles. The van der Waals surface area contributed by atoms with Gasteiger partial charge in [-0.25, -0.2) is 0 Å². The SMILES string of the molecule is C=C(C)CCCC(C)(C)CC(C)(C)CCC(C)CCCC(C)(N)CC(C)(C)CCC(=C)CC(C)CC. The van der Waals surface area contributed by atoms with Gasteiger partial charge in [0.25, 0.3) is 0 Å². The maximum absolute atomic E-state index is 6.84. The normalized spacial score (nSPS) is 16.4. The van der Waals surface area contributed by atoms with Crippen LogP contribution >= 0.6 is 0 Å². The summed E-state index contributed by atoms with van der Waals surface area (Å²) in [4.78, 5) is 0. The van der Waals surface area contributed by atoms with Crippen LogP contribution < -0.4 is 5.73 Å². The summed E-state index contributed by atoms with van der Waals surface area (Å²) < 4.78 is 0. The van der Waals surface area contributed by atoms with Crippen molar-refractivity contribution in [3.8, 4) is 0 Å². The van der Waals surface area contributed by atoms with Gasteiger partial charge in [0.15, 0.2) is 0 Å². The Morgan fingerprint density at radius 2 is 1.25 bits per heavy atom. The summed E-state index contributed by atoms with van der Waals surface area (Å²) in [5.74, 6) is 1.54. The van der Waals surface area contributed by atoms with Crippen LogP contribution in [0.15, 0.2) is 24.3 Å². The Kier molecular flexibility index (Phi) is 15.5. The van der Waals surface area contributed by atoms with E-state index in [2.05, 4.69) is 89.3 Å². The molecule has 1 heteroatoms. The van der Waals surface area contributed by atoms with Gasteiger partial charge in [-0.15, -0.1) is 6.58 Å². The van der Waals surface area contributed by atoms with Crippen LogP contribution in [0.1, 0.15) is 166 Å². The summed E-state index contributed by atoms with van der Waals surface area (Å²) in [7, 11) is 0. The monoisotopic (exact) mass is 504 g/mol. The van der Waals surface area contributed by atoms with Crippen molar-refractivity contribution in [1.29, 1.82) is 0 Å². The van der Waals surface area contributed by atoms with Gasteiger partial charge < -0.3 is 5.73 Å². The van der Waals surface area contributed by atoms with Gasteiger partial charge >= 0.3 is 0 Å². The van der Waals surface area contributed by atoms with Gasteiger partial charge in [0.1, 0.15) is 0 Å². The van der Waals surface area contributed by atoms with Crippen LogP contribution in [0.4, 0.5) is 0 Å². The quantitative estimate of drug-likeness (QED) is 0.155. The zero-order chi connectivity index (χ0) is 28.2. The molecule has 2 N–H and O–H groups in total. The first-order valence-corrected chi connectivity index (χ1v) is 15.4. The predicted molar refractivity (Wildman–Crippen MR) is 167 cm³/mol. The highest BCUT2D eigenvalue weighted by molar-refractivity contribution is 4.97. The van der Waals surface area contributed by atoms with Crippen LogP contribution in [0.3, 0.4) is 0 Å². The molecular weight excluding hydrogens is 434 g/mol. The Hall–Kier alpha value is -0.560. The van der Waals surface area contributed by atoms with E-state index in [1.807, 2.05) is 0 Å². The molecule has 0 aliphatic carbocycles. The first-order chi connectivity index (χ1) is 16.3. The second-order valence-corrected chi connectivity index (χ2v) is 15.8. The van der Waals surface area contributed by atoms with Gasteiger partial charge in [-0.05, 0) is 106 Å². The second-order valence-electron chi connectivity index (χ2n) is 15.8. The average Bonchev–Trinajstić information content (AvgIpc) is 2.68. The van der Waals surface area contributed by atoms with E-state index < -0.39 is 0 Å². The van der Waals surface area contributed by atoms with E-state index in [1.165, 1.54) is 81.8 Å². The lowest BCUT2D eigenvalue weighted by Gasteiger charge is -2.36. The average molecular weight is 504 g/mol. The fourth-order valence-corrected chi connectivity index (χ4v) is 6.50. The molecule has 0 aromatic rings. The lowest BCUT2D eigenvalue weighted by Crippen LogP contribution is -2.40. The zero-order valence-electron chi connectivity index (χ0n) is 27.0. The van der Waals surface area contributed by atoms with Gasteiger partial charge in [-0.1, -0.05) is 106 Å². The van der Waals surface area contributed by atoms with E-state index in [9.17, 15) is 0 Å². The maximum atomic E-state index is 6.84. The molecule has 3 atom stereocenters. The minimum atomic E-state index is -0.0750. The molecule has 0 aliphatic rings. The van der Waals surface area contributed by atoms with Crippen molar-refractivity contribution in [2.75, 3.05) is 0 Å². The molecule has 0 rings (SSSR count). The lowest BCUT2D eigenvalue weighted by atomic mass is 9.70. The van der Waals surface area contributed by atoms with Crippen molar-refractivity contribution >= 4 is 0 Å². The summed E-state index contributed by atoms with van der Waals surface area (Å²) in [6.45, 7) is 34.6. The molecule has 0 radical (unpaired) electrons. The molecule has 0 aliphatic heterocycles. The number of allylic oxidation sites excluding steroid dienone is 2. The molecular formula is C35H69N. The van der Waals surface area contributed by atoms with Crippen LogP contribution in [0.5, 0.6) is 0 Å². The summed E-state index contributed by atoms with van der Waals surface area (Å²) >= 11 is 0. The third-order valence-electron chi connectivity index (χ3n) is 8.54. The van der Waals surface area contributed by atoms with E-state index in [0.717, 1.165) is 31.1 Å². The molecule has 0 saturated heterocycles. The van der Waals surface area contributed by atoms with Crippen molar-refractivity contribution < 1.29 is 0 Å². The van der Waals surface area contributed by atoms with E-state index in [4.69, 9.17) is 5.73 Å². The minimum absolute atomic E-state index is 0.0750. The molecule has 36 heavy (non-hydrogen) atoms. The van der Waals surface area contributed by atoms with Crippen molar-refractivity contribution in [3.05, 3.63) is 24.3 Å². The highest BCUT2D eigenvalue weighted by atomic mass is 14.7. The van der Waals surface area contributed by atoms with Gasteiger partial charge in [-0.2, -0.15) is 0 Å². The highest BCUT2D eigenvalue weighted by Gasteiger charge is 2.30. The van der Waals surface area contributed by atoms with Crippen LogP contribution in [-0.2, 0) is 0 Å². The molecule has 1 nitrogen and oxygen atoms in total. The van der Waals surface area contributed by atoms with Crippen molar-refractivity contribution in [2.45, 2.75) is 172 Å². The molecule has 214 valence electrons. The highest BCUT2D eigenvalue weighted by Crippen LogP contribution is 2.41. The molecule has 0 fully saturated rings. The van der Waals surface area contributed by atoms with Gasteiger partial charge in [0.05, 0.1) is 0 Å². The summed E-state index contributed by atoms with van der Waals surface area (Å²) in [6.07, 6.45) is 17.3. The maximum Gasteiger partial charge on any atom is 0.0131 e. The molecule has 0 aromatic carbocycles. The van der Waals surface area contributed by atoms with Gasteiger partial charge in [0.2, 0.25) is 0 Å². The van der Waals surface area contributed by atoms with Gasteiger partial charge in [-0.3, -0.25) is 0 Å². The molecule has 0 heterocycles. The smallest absolute Gasteiger partial charge is 0.0131 e. The van der Waals surface area contributed by atoms with Crippen LogP contribution in [0.25, 0.3) is 0 Å². The molecule has 0 aromatic heterocycles. The van der Waals surface area contributed by atoms with E-state index >= 15 is 0 Å². The summed E-state index contributed by atoms with van der Waals surface area (Å²) in [5.41, 5.74) is 10.6. The topological polar surface area (TPSA) is 26.0 Å². The van der Waals surface area contributed by atoms with E-state index in [-0.39, 0.29) is 11.0 Å². The molecule has 3 unspecified atom stereocenters. The van der Waals surface area contributed by atoms with Crippen molar-refractivity contribution in [2.24, 2.45) is 33.8 Å². The van der Waals surface area contributed by atoms with E-state index in [1.54, 1.807) is 0 Å². The molecule has 0 bridgehead atoms. The number of hydrogen-bond donors (Lipinski definition) is 1. The Labute approximate surface area is 229 Å². The predicted octanol–water partition coefficient (Wildman–Crippen LogP) is 11.7. The molecule has 0 amide bonds. The Balaban J connectivity index is 4.42. The van der Waals surface area contributed by atoms with Gasteiger partial charge in [0, 0.05) is 5.54 Å². The number of rotatable bonds is 21. The first kappa shape index (κ1) is 35.4. The van der Waals surface area contributed by atoms with Crippen molar-refractivity contribution in [3.63, 3.8) is 0 Å². The Bertz CT molecular complexity index is 633. The van der Waals surface area contributed by atoms with E-state index in [0.29, 0.717) is 10.8 Å². The third-order valence-corrected chi connectivity index (χ3v) is 8.54. The Morgan fingerprint density at radius 1 is 0.694 bits per heavy atom. The second kappa shape index (κ2) is 15.8. The summed E-state index contributed by atoms with van der Waals surface area (Å²) in [5, 5.41) is 0. The molecule has 0 spiro atoms. The fraction of sp³-hybridized carbons (Fsp3) is 0.886. The largest absolute Gasteiger partial charge is 0.325 e. The minimum Gasteiger partial charge on any atom is -0.325 e. The Morgan fingerprint density at radius 3 is 1.81 bits per heavy atom. The lowest BCUT2D eigenvalue weighted by molar-refractivity contribution is 0.158. The third kappa shape index (κ3) is 18.6. The summed E-state index contributed by atoms with van der Waals surface area (Å²) in [6, 6.07) is 0. The zero-order valence-corrected chi connectivity index (χ0v) is 27.0. The number of nitrogens with two attached hydrogens (primary N) is 1. The fourth-order valence-electron chi connectivity index (χ4n) is 6.50. The van der Waals surface area contributed by atoms with Crippen molar-refractivity contribution in [1.82, 2.24) is 0 Å². The first-order valence-electron chi connectivity index (χ1n) is 15.4. The standard InChI is InChI=1S/C35H69N/c1-14-29(4)25-31(6)20-24-34(11,12)27-35(13,36)22-16-18-30(5)19-23-33(9,10)26-32(7,8)21-15-17-28(2)3/h29-30H,2,6,14-27,36H2,1,3-5,7-13H3. The number of hydrogen-bond acceptors (Lipinski definition) is 1. The van der Waals surface area contributed by atoms with Crippen LogP contribution in [0.2, 0.25) is 0 Å². The van der Waals surface area contributed by atoms with Crippen LogP contribution in [0, 0.1) is 28.1 Å².